The van der Waals surface area contributed by atoms with Gasteiger partial charge in [0.2, 0.25) is 0 Å². The summed E-state index contributed by atoms with van der Waals surface area (Å²) in [5.74, 6) is 3.07. The number of β-amino-alcohol motifs (C(OH)–C–C–N with tert-alkyl or cyclic N) is 1. The molecule has 1 fully saturated rings. The average Bonchev–Trinajstić information content (AvgIpc) is 3.11. The van der Waals surface area contributed by atoms with Gasteiger partial charge in [-0.2, -0.15) is 0 Å². The number of guanidine groups is 1. The second-order valence-corrected chi connectivity index (χ2v) is 8.33. The van der Waals surface area contributed by atoms with Crippen molar-refractivity contribution in [3.8, 4) is 5.75 Å². The third-order valence-corrected chi connectivity index (χ3v) is 5.48. The number of ether oxygens (including phenoxy) is 2. The van der Waals surface area contributed by atoms with Crippen LogP contribution in [0.25, 0.3) is 0 Å². The highest BCUT2D eigenvalue weighted by molar-refractivity contribution is 5.79. The summed E-state index contributed by atoms with van der Waals surface area (Å²) in [6.07, 6.45) is 0. The second kappa shape index (κ2) is 11.3. The minimum atomic E-state index is -0.915. The van der Waals surface area contributed by atoms with Crippen LogP contribution in [0, 0.1) is 6.92 Å². The molecule has 1 aromatic heterocycles. The van der Waals surface area contributed by atoms with Gasteiger partial charge < -0.3 is 29.8 Å². The van der Waals surface area contributed by atoms with E-state index in [1.807, 2.05) is 49.7 Å². The summed E-state index contributed by atoms with van der Waals surface area (Å²) in [5, 5.41) is 25.8. The van der Waals surface area contributed by atoms with E-state index in [0.717, 1.165) is 36.1 Å². The summed E-state index contributed by atoms with van der Waals surface area (Å²) >= 11 is 0. The molecule has 32 heavy (non-hydrogen) atoms. The molecule has 1 aromatic carbocycles. The van der Waals surface area contributed by atoms with E-state index in [-0.39, 0.29) is 0 Å². The van der Waals surface area contributed by atoms with Gasteiger partial charge in [0.15, 0.2) is 11.8 Å². The Morgan fingerprint density at radius 2 is 1.94 bits per heavy atom. The standard InChI is InChI=1S/C22H35N7O3/c1-17-26-27-20(28(17)3)14-24-21(23-13-18-5-7-19(31-4)8-6-18)25-15-22(2,30)16-29-9-11-32-12-10-29/h5-8,30H,9-16H2,1-4H3,(H2,23,24,25). The van der Waals surface area contributed by atoms with Crippen LogP contribution < -0.4 is 15.4 Å². The van der Waals surface area contributed by atoms with Crippen molar-refractivity contribution in [3.05, 3.63) is 41.5 Å². The zero-order chi connectivity index (χ0) is 23.0. The molecule has 1 aliphatic rings. The van der Waals surface area contributed by atoms with Crippen LogP contribution in [-0.2, 0) is 24.9 Å². The predicted molar refractivity (Wildman–Crippen MR) is 123 cm³/mol. The molecule has 0 spiro atoms. The summed E-state index contributed by atoms with van der Waals surface area (Å²) < 4.78 is 12.5. The van der Waals surface area contributed by atoms with E-state index in [4.69, 9.17) is 14.5 Å². The van der Waals surface area contributed by atoms with E-state index in [2.05, 4.69) is 25.7 Å². The third-order valence-electron chi connectivity index (χ3n) is 5.48. The Labute approximate surface area is 189 Å². The van der Waals surface area contributed by atoms with Crippen LogP contribution in [0.5, 0.6) is 5.75 Å². The first-order valence-corrected chi connectivity index (χ1v) is 10.9. The fraction of sp³-hybridized carbons (Fsp3) is 0.591. The van der Waals surface area contributed by atoms with Gasteiger partial charge in [0.05, 0.1) is 39.0 Å². The SMILES string of the molecule is COc1ccc(CN=C(NCc2nnc(C)n2C)NCC(C)(O)CN2CCOCC2)cc1. The van der Waals surface area contributed by atoms with Crippen molar-refractivity contribution >= 4 is 5.96 Å². The van der Waals surface area contributed by atoms with Crippen LogP contribution in [0.3, 0.4) is 0 Å². The lowest BCUT2D eigenvalue weighted by molar-refractivity contribution is -0.0201. The molecule has 1 atom stereocenters. The maximum Gasteiger partial charge on any atom is 0.192 e. The van der Waals surface area contributed by atoms with Gasteiger partial charge in [0.1, 0.15) is 11.6 Å². The minimum Gasteiger partial charge on any atom is -0.497 e. The third kappa shape index (κ3) is 7.18. The second-order valence-electron chi connectivity index (χ2n) is 8.33. The quantitative estimate of drug-likeness (QED) is 0.377. The molecule has 1 unspecified atom stereocenters. The minimum absolute atomic E-state index is 0.358. The number of aliphatic hydroxyl groups is 1. The first kappa shape index (κ1) is 24.0. The highest BCUT2D eigenvalue weighted by Gasteiger charge is 2.25. The van der Waals surface area contributed by atoms with Crippen molar-refractivity contribution in [3.63, 3.8) is 0 Å². The Hall–Kier alpha value is -2.69. The normalized spacial score (nSPS) is 17.1. The molecule has 1 aliphatic heterocycles. The maximum absolute atomic E-state index is 10.9. The highest BCUT2D eigenvalue weighted by Crippen LogP contribution is 2.12. The summed E-state index contributed by atoms with van der Waals surface area (Å²) in [7, 11) is 3.58. The molecule has 10 heteroatoms. The maximum atomic E-state index is 10.9. The molecule has 3 N–H and O–H groups in total. The Morgan fingerprint density at radius 1 is 1.22 bits per heavy atom. The zero-order valence-electron chi connectivity index (χ0n) is 19.5. The molecule has 0 aliphatic carbocycles. The van der Waals surface area contributed by atoms with E-state index in [1.54, 1.807) is 7.11 Å². The van der Waals surface area contributed by atoms with Crippen LogP contribution in [0.2, 0.25) is 0 Å². The molecule has 3 rings (SSSR count). The van der Waals surface area contributed by atoms with Gasteiger partial charge in [0, 0.05) is 33.2 Å². The molecule has 0 saturated carbocycles. The van der Waals surface area contributed by atoms with Crippen molar-refractivity contribution in [2.75, 3.05) is 46.5 Å². The van der Waals surface area contributed by atoms with Crippen LogP contribution in [0.4, 0.5) is 0 Å². The highest BCUT2D eigenvalue weighted by atomic mass is 16.5. The van der Waals surface area contributed by atoms with Gasteiger partial charge in [-0.1, -0.05) is 12.1 Å². The summed E-state index contributed by atoms with van der Waals surface area (Å²) in [4.78, 5) is 6.92. The monoisotopic (exact) mass is 445 g/mol. The lowest BCUT2D eigenvalue weighted by Crippen LogP contribution is -2.52. The largest absolute Gasteiger partial charge is 0.497 e. The zero-order valence-corrected chi connectivity index (χ0v) is 19.5. The first-order valence-electron chi connectivity index (χ1n) is 10.9. The lowest BCUT2D eigenvalue weighted by Gasteiger charge is -2.34. The van der Waals surface area contributed by atoms with E-state index in [0.29, 0.717) is 45.4 Å². The number of hydrogen-bond acceptors (Lipinski definition) is 7. The number of aryl methyl sites for hydroxylation is 1. The molecule has 176 valence electrons. The lowest BCUT2D eigenvalue weighted by atomic mass is 10.1. The van der Waals surface area contributed by atoms with Crippen LogP contribution in [-0.4, -0.2) is 82.8 Å². The van der Waals surface area contributed by atoms with Gasteiger partial charge in [0.25, 0.3) is 0 Å². The van der Waals surface area contributed by atoms with Crippen molar-refractivity contribution < 1.29 is 14.6 Å². The number of methoxy groups -OCH3 is 1. The molecule has 10 nitrogen and oxygen atoms in total. The van der Waals surface area contributed by atoms with Crippen LogP contribution in [0.1, 0.15) is 24.1 Å². The smallest absolute Gasteiger partial charge is 0.192 e. The number of nitrogens with one attached hydrogen (secondary N) is 2. The Morgan fingerprint density at radius 3 is 2.56 bits per heavy atom. The number of aromatic nitrogens is 3. The number of nitrogens with zero attached hydrogens (tertiary/aromatic N) is 5. The van der Waals surface area contributed by atoms with Gasteiger partial charge in [-0.3, -0.25) is 4.90 Å². The predicted octanol–water partition coefficient (Wildman–Crippen LogP) is 0.451. The number of hydrogen-bond donors (Lipinski definition) is 3. The van der Waals surface area contributed by atoms with Gasteiger partial charge in [-0.15, -0.1) is 10.2 Å². The number of morpholine rings is 1. The van der Waals surface area contributed by atoms with Crippen molar-refractivity contribution in [2.24, 2.45) is 12.0 Å². The Balaban J connectivity index is 1.63. The van der Waals surface area contributed by atoms with Gasteiger partial charge in [-0.05, 0) is 31.5 Å². The van der Waals surface area contributed by atoms with Crippen molar-refractivity contribution in [1.82, 2.24) is 30.3 Å². The van der Waals surface area contributed by atoms with E-state index in [1.165, 1.54) is 0 Å². The topological polar surface area (TPSA) is 109 Å². The van der Waals surface area contributed by atoms with E-state index in [9.17, 15) is 5.11 Å². The van der Waals surface area contributed by atoms with E-state index < -0.39 is 5.60 Å². The molecule has 2 aromatic rings. The summed E-state index contributed by atoms with van der Waals surface area (Å²) in [6, 6.07) is 7.81. The Bertz CT molecular complexity index is 874. The fourth-order valence-electron chi connectivity index (χ4n) is 3.41. The van der Waals surface area contributed by atoms with E-state index >= 15 is 0 Å². The van der Waals surface area contributed by atoms with Crippen LogP contribution in [0.15, 0.2) is 29.3 Å². The number of rotatable bonds is 9. The van der Waals surface area contributed by atoms with Crippen molar-refractivity contribution in [1.29, 1.82) is 0 Å². The number of aliphatic imine (C=N–C) groups is 1. The molecule has 2 heterocycles. The molecular weight excluding hydrogens is 410 g/mol. The molecule has 1 saturated heterocycles. The molecule has 0 radical (unpaired) electrons. The van der Waals surface area contributed by atoms with Crippen molar-refractivity contribution in [2.45, 2.75) is 32.5 Å². The van der Waals surface area contributed by atoms with Gasteiger partial charge in [-0.25, -0.2) is 4.99 Å². The van der Waals surface area contributed by atoms with Crippen LogP contribution >= 0.6 is 0 Å². The fourth-order valence-corrected chi connectivity index (χ4v) is 3.41. The molecule has 0 amide bonds. The average molecular weight is 446 g/mol. The van der Waals surface area contributed by atoms with Gasteiger partial charge >= 0.3 is 0 Å². The Kier molecular flexibility index (Phi) is 8.43. The summed E-state index contributed by atoms with van der Waals surface area (Å²) in [6.45, 7) is 8.71. The summed E-state index contributed by atoms with van der Waals surface area (Å²) in [5.41, 5.74) is 0.142. The molecular formula is C22H35N7O3. The first-order chi connectivity index (χ1) is 15.4. The number of benzene rings is 1. The molecule has 0 bridgehead atoms.